The maximum atomic E-state index is 12.1. The van der Waals surface area contributed by atoms with Crippen molar-refractivity contribution in [1.82, 2.24) is 20.4 Å². The van der Waals surface area contributed by atoms with Crippen LogP contribution in [0, 0.1) is 0 Å². The van der Waals surface area contributed by atoms with Crippen LogP contribution >= 0.6 is 46.2 Å². The number of nitrogens with zero attached hydrogens (tertiary/aromatic N) is 4. The second-order valence-corrected chi connectivity index (χ2v) is 10.6. The molecule has 30 heavy (non-hydrogen) atoms. The number of hydrogen-bond acceptors (Lipinski definition) is 10. The van der Waals surface area contributed by atoms with Crippen LogP contribution in [0.15, 0.2) is 39.0 Å². The molecule has 1 aromatic carbocycles. The van der Waals surface area contributed by atoms with Gasteiger partial charge < -0.3 is 10.6 Å². The zero-order valence-corrected chi connectivity index (χ0v) is 19.4. The minimum atomic E-state index is -0.109. The summed E-state index contributed by atoms with van der Waals surface area (Å²) in [5.74, 6) is 1.48. The van der Waals surface area contributed by atoms with Gasteiger partial charge in [0.1, 0.15) is 0 Å². The lowest BCUT2D eigenvalue weighted by Crippen LogP contribution is -2.14. The molecule has 0 fully saturated rings. The van der Waals surface area contributed by atoms with Gasteiger partial charge in [-0.15, -0.1) is 20.4 Å². The smallest absolute Gasteiger partial charge is 0.230 e. The summed E-state index contributed by atoms with van der Waals surface area (Å²) in [5, 5.41) is 22.8. The average molecular weight is 481 g/mol. The van der Waals surface area contributed by atoms with Crippen LogP contribution in [0.3, 0.4) is 0 Å². The molecule has 0 radical (unpaired) electrons. The first-order valence-electron chi connectivity index (χ1n) is 9.18. The third kappa shape index (κ3) is 7.67. The summed E-state index contributed by atoms with van der Waals surface area (Å²) in [5.41, 5.74) is 0.955. The van der Waals surface area contributed by atoms with Crippen LogP contribution in [0.4, 0.5) is 10.3 Å². The number of amides is 2. The molecule has 0 bridgehead atoms. The fraction of sp³-hybridized carbons (Fsp3) is 0.333. The van der Waals surface area contributed by atoms with Gasteiger partial charge in [0.25, 0.3) is 0 Å². The summed E-state index contributed by atoms with van der Waals surface area (Å²) in [6.07, 6.45) is 1.59. The molecular weight excluding hydrogens is 461 g/mol. The highest BCUT2D eigenvalue weighted by atomic mass is 32.2. The Labute approximate surface area is 190 Å². The highest BCUT2D eigenvalue weighted by molar-refractivity contribution is 8.04. The summed E-state index contributed by atoms with van der Waals surface area (Å²) in [6.45, 7) is 1.96. The molecule has 158 valence electrons. The molecule has 0 aliphatic rings. The van der Waals surface area contributed by atoms with Crippen molar-refractivity contribution in [3.8, 4) is 0 Å². The van der Waals surface area contributed by atoms with Gasteiger partial charge in [-0.05, 0) is 12.0 Å². The van der Waals surface area contributed by atoms with E-state index >= 15 is 0 Å². The van der Waals surface area contributed by atoms with Gasteiger partial charge in [0.2, 0.25) is 22.1 Å². The molecular formula is C18H20N6O2S4. The van der Waals surface area contributed by atoms with E-state index in [1.54, 1.807) is 23.5 Å². The van der Waals surface area contributed by atoms with E-state index in [4.69, 9.17) is 0 Å². The van der Waals surface area contributed by atoms with Crippen LogP contribution in [0.2, 0.25) is 0 Å². The van der Waals surface area contributed by atoms with Gasteiger partial charge in [-0.3, -0.25) is 9.59 Å². The van der Waals surface area contributed by atoms with Crippen LogP contribution < -0.4 is 10.6 Å². The van der Waals surface area contributed by atoms with E-state index in [0.29, 0.717) is 23.1 Å². The Hall–Kier alpha value is -2.02. The maximum absolute atomic E-state index is 12.1. The molecule has 0 saturated heterocycles. The predicted molar refractivity (Wildman–Crippen MR) is 124 cm³/mol. The third-order valence-electron chi connectivity index (χ3n) is 3.52. The second-order valence-electron chi connectivity index (χ2n) is 5.95. The number of rotatable bonds is 11. The van der Waals surface area contributed by atoms with Gasteiger partial charge in [0.15, 0.2) is 8.68 Å². The van der Waals surface area contributed by atoms with Crippen LogP contribution in [-0.4, -0.2) is 43.7 Å². The molecule has 2 N–H and O–H groups in total. The summed E-state index contributed by atoms with van der Waals surface area (Å²) in [6, 6.07) is 9.57. The first-order chi connectivity index (χ1) is 14.6. The topological polar surface area (TPSA) is 110 Å². The van der Waals surface area contributed by atoms with E-state index in [9.17, 15) is 9.59 Å². The van der Waals surface area contributed by atoms with Crippen LogP contribution in [0.25, 0.3) is 0 Å². The van der Waals surface area contributed by atoms with E-state index in [1.165, 1.54) is 22.7 Å². The minimum Gasteiger partial charge on any atom is -0.301 e. The number of anilines is 2. The zero-order valence-electron chi connectivity index (χ0n) is 16.2. The molecule has 8 nitrogen and oxygen atoms in total. The molecule has 0 aliphatic carbocycles. The number of aromatic nitrogens is 4. The van der Waals surface area contributed by atoms with Gasteiger partial charge >= 0.3 is 0 Å². The second kappa shape index (κ2) is 12.0. The Balaban J connectivity index is 1.36. The highest BCUT2D eigenvalue weighted by Gasteiger charge is 2.11. The molecule has 2 heterocycles. The molecule has 0 atom stereocenters. The largest absolute Gasteiger partial charge is 0.301 e. The van der Waals surface area contributed by atoms with Crippen molar-refractivity contribution in [2.75, 3.05) is 22.1 Å². The molecule has 0 unspecified atom stereocenters. The highest BCUT2D eigenvalue weighted by Crippen LogP contribution is 2.29. The van der Waals surface area contributed by atoms with E-state index in [0.717, 1.165) is 32.2 Å². The van der Waals surface area contributed by atoms with Crippen molar-refractivity contribution in [3.63, 3.8) is 0 Å². The van der Waals surface area contributed by atoms with Gasteiger partial charge in [-0.2, -0.15) is 0 Å². The van der Waals surface area contributed by atoms with Gasteiger partial charge in [-0.25, -0.2) is 0 Å². The first-order valence-corrected chi connectivity index (χ1v) is 12.8. The fourth-order valence-electron chi connectivity index (χ4n) is 2.25. The molecule has 0 saturated carbocycles. The van der Waals surface area contributed by atoms with E-state index in [2.05, 4.69) is 31.0 Å². The Morgan fingerprint density at radius 3 is 2.00 bits per heavy atom. The minimum absolute atomic E-state index is 0.0383. The molecule has 2 aromatic heterocycles. The van der Waals surface area contributed by atoms with Gasteiger partial charge in [0, 0.05) is 17.9 Å². The Morgan fingerprint density at radius 2 is 1.43 bits per heavy atom. The molecule has 0 aliphatic heterocycles. The van der Waals surface area contributed by atoms with E-state index in [-0.39, 0.29) is 11.8 Å². The Kier molecular flexibility index (Phi) is 9.05. The van der Waals surface area contributed by atoms with E-state index < -0.39 is 0 Å². The molecule has 12 heteroatoms. The quantitative estimate of drug-likeness (QED) is 0.239. The fourth-order valence-corrected chi connectivity index (χ4v) is 5.89. The summed E-state index contributed by atoms with van der Waals surface area (Å²) in [4.78, 5) is 23.7. The molecule has 2 amide bonds. The lowest BCUT2D eigenvalue weighted by molar-refractivity contribution is -0.116. The number of benzene rings is 1. The Bertz CT molecular complexity index is 963. The average Bonchev–Trinajstić information content (AvgIpc) is 3.35. The van der Waals surface area contributed by atoms with Gasteiger partial charge in [-0.1, -0.05) is 83.5 Å². The molecule has 0 spiro atoms. The molecule has 3 rings (SSSR count). The lowest BCUT2D eigenvalue weighted by Gasteiger charge is -2.00. The summed E-state index contributed by atoms with van der Waals surface area (Å²) >= 11 is 5.89. The SMILES string of the molecule is CCCC(=O)Nc1nnc(SCCSc2nnc(NC(=O)Cc3ccccc3)s2)s1. The first kappa shape index (κ1) is 22.7. The zero-order chi connectivity index (χ0) is 21.2. The monoisotopic (exact) mass is 480 g/mol. The van der Waals surface area contributed by atoms with E-state index in [1.807, 2.05) is 37.3 Å². The van der Waals surface area contributed by atoms with Crippen molar-refractivity contribution < 1.29 is 9.59 Å². The van der Waals surface area contributed by atoms with Crippen LogP contribution in [-0.2, 0) is 16.0 Å². The summed E-state index contributed by atoms with van der Waals surface area (Å²) < 4.78 is 1.61. The third-order valence-corrected chi connectivity index (χ3v) is 7.73. The lowest BCUT2D eigenvalue weighted by atomic mass is 10.1. The van der Waals surface area contributed by atoms with Crippen molar-refractivity contribution in [2.24, 2.45) is 0 Å². The standard InChI is InChI=1S/C18H20N6O2S4/c1-2-6-13(25)19-15-21-23-17(29-15)27-9-10-28-18-24-22-16(30-18)20-14(26)11-12-7-4-3-5-8-12/h3-5,7-8H,2,6,9-11H2,1H3,(H,19,21,25)(H,20,22,26). The number of thioether (sulfide) groups is 2. The van der Waals surface area contributed by atoms with Crippen molar-refractivity contribution >= 4 is 68.3 Å². The van der Waals surface area contributed by atoms with Crippen LogP contribution in [0.1, 0.15) is 25.3 Å². The number of carbonyl (C=O) groups excluding carboxylic acids is 2. The van der Waals surface area contributed by atoms with Crippen LogP contribution in [0.5, 0.6) is 0 Å². The Morgan fingerprint density at radius 1 is 0.867 bits per heavy atom. The number of hydrogen-bond donors (Lipinski definition) is 2. The van der Waals surface area contributed by atoms with Crippen molar-refractivity contribution in [1.29, 1.82) is 0 Å². The molecule has 3 aromatic rings. The number of nitrogens with one attached hydrogen (secondary N) is 2. The predicted octanol–water partition coefficient (Wildman–Crippen LogP) is 4.19. The number of carbonyl (C=O) groups is 2. The van der Waals surface area contributed by atoms with Crippen molar-refractivity contribution in [3.05, 3.63) is 35.9 Å². The van der Waals surface area contributed by atoms with Crippen molar-refractivity contribution in [2.45, 2.75) is 34.9 Å². The van der Waals surface area contributed by atoms with Gasteiger partial charge in [0.05, 0.1) is 6.42 Å². The summed E-state index contributed by atoms with van der Waals surface area (Å²) in [7, 11) is 0. The maximum Gasteiger partial charge on any atom is 0.230 e. The normalized spacial score (nSPS) is 10.7.